The number of hydrogen-bond acceptors (Lipinski definition) is 6. The summed E-state index contributed by atoms with van der Waals surface area (Å²) in [6.07, 6.45) is 5.08. The Labute approximate surface area is 166 Å². The first-order valence-electron chi connectivity index (χ1n) is 9.83. The third-order valence-corrected chi connectivity index (χ3v) is 4.62. The van der Waals surface area contributed by atoms with E-state index in [9.17, 15) is 4.79 Å². The Hall–Kier alpha value is -2.64. The van der Waals surface area contributed by atoms with Crippen molar-refractivity contribution in [1.82, 2.24) is 25.1 Å². The van der Waals surface area contributed by atoms with Gasteiger partial charge in [0.25, 0.3) is 0 Å². The number of carbonyl (C=O) groups is 1. The molecule has 2 aromatic rings. The molecule has 8 nitrogen and oxygen atoms in total. The number of hydrogen-bond donors (Lipinski definition) is 2. The van der Waals surface area contributed by atoms with E-state index in [-0.39, 0.29) is 12.0 Å². The fourth-order valence-electron chi connectivity index (χ4n) is 3.18. The molecule has 28 heavy (non-hydrogen) atoms. The number of aromatic nitrogens is 4. The number of rotatable bonds is 4. The van der Waals surface area contributed by atoms with Gasteiger partial charge in [-0.2, -0.15) is 5.10 Å². The summed E-state index contributed by atoms with van der Waals surface area (Å²) in [4.78, 5) is 23.2. The molecule has 8 heteroatoms. The molecular formula is C20H30N6O2. The van der Waals surface area contributed by atoms with Crippen molar-refractivity contribution in [2.45, 2.75) is 64.9 Å². The van der Waals surface area contributed by atoms with Crippen LogP contribution in [0.2, 0.25) is 0 Å². The van der Waals surface area contributed by atoms with Crippen molar-refractivity contribution in [1.29, 1.82) is 0 Å². The van der Waals surface area contributed by atoms with Gasteiger partial charge < -0.3 is 15.0 Å². The van der Waals surface area contributed by atoms with Gasteiger partial charge in [-0.05, 0) is 39.5 Å². The summed E-state index contributed by atoms with van der Waals surface area (Å²) < 4.78 is 5.51. The molecule has 2 aromatic heterocycles. The zero-order valence-corrected chi connectivity index (χ0v) is 17.3. The molecule has 0 bridgehead atoms. The van der Waals surface area contributed by atoms with E-state index in [1.807, 2.05) is 26.8 Å². The third-order valence-electron chi connectivity index (χ3n) is 4.62. The molecule has 1 aliphatic rings. The molecule has 0 spiro atoms. The molecule has 0 aliphatic carbocycles. The normalized spacial score (nSPS) is 17.6. The summed E-state index contributed by atoms with van der Waals surface area (Å²) in [7, 11) is 0. The van der Waals surface area contributed by atoms with Crippen LogP contribution in [0.1, 0.15) is 70.7 Å². The fraction of sp³-hybridized carbons (Fsp3) is 0.600. The first-order valence-corrected chi connectivity index (χ1v) is 9.83. The number of carbonyl (C=O) groups excluding carboxylic acids is 1. The number of nitrogens with zero attached hydrogens (tertiary/aromatic N) is 4. The SMILES string of the molecule is CC(C)c1cc(Nc2cncc(C3CCCN(C(=O)OC(C)(C)C)C3)n2)n[nH]1. The van der Waals surface area contributed by atoms with Crippen LogP contribution >= 0.6 is 0 Å². The zero-order chi connectivity index (χ0) is 20.3. The molecule has 1 amide bonds. The van der Waals surface area contributed by atoms with E-state index in [0.717, 1.165) is 24.2 Å². The van der Waals surface area contributed by atoms with Gasteiger partial charge in [0.1, 0.15) is 11.4 Å². The molecule has 1 unspecified atom stereocenters. The lowest BCUT2D eigenvalue weighted by molar-refractivity contribution is 0.0197. The van der Waals surface area contributed by atoms with Gasteiger partial charge in [-0.1, -0.05) is 13.8 Å². The Morgan fingerprint density at radius 2 is 2.11 bits per heavy atom. The van der Waals surface area contributed by atoms with Crippen LogP contribution in [0.5, 0.6) is 0 Å². The van der Waals surface area contributed by atoms with Gasteiger partial charge in [-0.25, -0.2) is 9.78 Å². The van der Waals surface area contributed by atoms with Crippen LogP contribution in [0.25, 0.3) is 0 Å². The van der Waals surface area contributed by atoms with E-state index >= 15 is 0 Å². The van der Waals surface area contributed by atoms with Crippen molar-refractivity contribution in [3.63, 3.8) is 0 Å². The number of anilines is 2. The number of amides is 1. The van der Waals surface area contributed by atoms with Gasteiger partial charge >= 0.3 is 6.09 Å². The highest BCUT2D eigenvalue weighted by molar-refractivity contribution is 5.68. The Bertz CT molecular complexity index is 811. The summed E-state index contributed by atoms with van der Waals surface area (Å²) in [5, 5.41) is 10.5. The van der Waals surface area contributed by atoms with Crippen molar-refractivity contribution in [2.24, 2.45) is 0 Å². The fourth-order valence-corrected chi connectivity index (χ4v) is 3.18. The van der Waals surface area contributed by atoms with Crippen molar-refractivity contribution >= 4 is 17.7 Å². The molecule has 0 aromatic carbocycles. The van der Waals surface area contributed by atoms with E-state index in [0.29, 0.717) is 30.6 Å². The monoisotopic (exact) mass is 386 g/mol. The highest BCUT2D eigenvalue weighted by atomic mass is 16.6. The van der Waals surface area contributed by atoms with Crippen LogP contribution in [0, 0.1) is 0 Å². The Balaban J connectivity index is 1.68. The van der Waals surface area contributed by atoms with Gasteiger partial charge in [0.05, 0.1) is 11.9 Å². The number of aromatic amines is 1. The van der Waals surface area contributed by atoms with Crippen LogP contribution in [0.15, 0.2) is 18.5 Å². The van der Waals surface area contributed by atoms with Crippen LogP contribution in [-0.4, -0.2) is 49.8 Å². The van der Waals surface area contributed by atoms with Crippen molar-refractivity contribution < 1.29 is 9.53 Å². The average Bonchev–Trinajstić information content (AvgIpc) is 3.09. The molecule has 0 radical (unpaired) electrons. The second kappa shape index (κ2) is 8.16. The Kier molecular flexibility index (Phi) is 5.86. The lowest BCUT2D eigenvalue weighted by atomic mass is 9.95. The van der Waals surface area contributed by atoms with E-state index in [2.05, 4.69) is 34.3 Å². The first-order chi connectivity index (χ1) is 13.2. The molecule has 1 saturated heterocycles. The molecule has 3 rings (SSSR count). The second-order valence-corrected chi connectivity index (χ2v) is 8.58. The predicted octanol–water partition coefficient (Wildman–Crippen LogP) is 4.18. The van der Waals surface area contributed by atoms with Gasteiger partial charge in [-0.3, -0.25) is 10.1 Å². The molecule has 1 atom stereocenters. The summed E-state index contributed by atoms with van der Waals surface area (Å²) in [6.45, 7) is 11.2. The predicted molar refractivity (Wildman–Crippen MR) is 108 cm³/mol. The maximum atomic E-state index is 12.4. The second-order valence-electron chi connectivity index (χ2n) is 8.58. The summed E-state index contributed by atoms with van der Waals surface area (Å²) in [5.41, 5.74) is 1.44. The molecule has 0 saturated carbocycles. The zero-order valence-electron chi connectivity index (χ0n) is 17.3. The maximum Gasteiger partial charge on any atom is 0.410 e. The van der Waals surface area contributed by atoms with E-state index in [4.69, 9.17) is 9.72 Å². The van der Waals surface area contributed by atoms with Crippen molar-refractivity contribution in [3.05, 3.63) is 29.8 Å². The lowest BCUT2D eigenvalue weighted by Gasteiger charge is -2.33. The Morgan fingerprint density at radius 1 is 1.32 bits per heavy atom. The van der Waals surface area contributed by atoms with Crippen LogP contribution < -0.4 is 5.32 Å². The van der Waals surface area contributed by atoms with E-state index in [1.54, 1.807) is 17.3 Å². The minimum atomic E-state index is -0.494. The molecule has 152 valence electrons. The molecule has 1 aliphatic heterocycles. The van der Waals surface area contributed by atoms with Crippen LogP contribution in [0.3, 0.4) is 0 Å². The number of likely N-dealkylation sites (tertiary alicyclic amines) is 1. The topological polar surface area (TPSA) is 96.0 Å². The molecular weight excluding hydrogens is 356 g/mol. The molecule has 1 fully saturated rings. The largest absolute Gasteiger partial charge is 0.444 e. The van der Waals surface area contributed by atoms with Gasteiger partial charge in [-0.15, -0.1) is 0 Å². The maximum absolute atomic E-state index is 12.4. The van der Waals surface area contributed by atoms with Crippen LogP contribution in [0.4, 0.5) is 16.4 Å². The summed E-state index contributed by atoms with van der Waals surface area (Å²) in [5.74, 6) is 1.88. The van der Waals surface area contributed by atoms with Crippen molar-refractivity contribution in [2.75, 3.05) is 18.4 Å². The highest BCUT2D eigenvalue weighted by Crippen LogP contribution is 2.27. The number of ether oxygens (including phenoxy) is 1. The number of piperidine rings is 1. The number of H-pyrrole nitrogens is 1. The van der Waals surface area contributed by atoms with Gasteiger partial charge in [0, 0.05) is 37.0 Å². The highest BCUT2D eigenvalue weighted by Gasteiger charge is 2.29. The standard InChI is InChI=1S/C20H30N6O2/c1-13(2)15-9-17(25-24-15)23-18-11-21-10-16(22-18)14-7-6-8-26(12-14)19(27)28-20(3,4)5/h9-11,13-14H,6-8,12H2,1-5H3,(H2,22,23,24,25). The van der Waals surface area contributed by atoms with Crippen molar-refractivity contribution in [3.8, 4) is 0 Å². The molecule has 3 heterocycles. The third kappa shape index (κ3) is 5.21. The Morgan fingerprint density at radius 3 is 2.79 bits per heavy atom. The minimum absolute atomic E-state index is 0.140. The first kappa shape index (κ1) is 20.1. The minimum Gasteiger partial charge on any atom is -0.444 e. The quantitative estimate of drug-likeness (QED) is 0.818. The van der Waals surface area contributed by atoms with Gasteiger partial charge in [0.2, 0.25) is 0 Å². The van der Waals surface area contributed by atoms with E-state index in [1.165, 1.54) is 0 Å². The smallest absolute Gasteiger partial charge is 0.410 e. The summed E-state index contributed by atoms with van der Waals surface area (Å²) >= 11 is 0. The average molecular weight is 387 g/mol. The summed E-state index contributed by atoms with van der Waals surface area (Å²) in [6, 6.07) is 1.98. The van der Waals surface area contributed by atoms with Gasteiger partial charge in [0.15, 0.2) is 5.82 Å². The van der Waals surface area contributed by atoms with E-state index < -0.39 is 5.60 Å². The lowest BCUT2D eigenvalue weighted by Crippen LogP contribution is -2.42. The molecule has 2 N–H and O–H groups in total. The number of nitrogens with one attached hydrogen (secondary N) is 2. The van der Waals surface area contributed by atoms with Crippen LogP contribution in [-0.2, 0) is 4.74 Å².